The SMILES string of the molecule is COc1cc(-c2cccc(CN3CCN(Cc4cccc(-c5cc(OC)c(OC)c(OC)c5)c4)CC3)c2)cc(OC)c1OC. The zero-order valence-corrected chi connectivity index (χ0v) is 26.5. The van der Waals surface area contributed by atoms with Crippen LogP contribution in [0.3, 0.4) is 0 Å². The summed E-state index contributed by atoms with van der Waals surface area (Å²) in [6, 6.07) is 25.4. The molecule has 0 spiro atoms. The molecule has 0 atom stereocenters. The van der Waals surface area contributed by atoms with Gasteiger partial charge in [-0.2, -0.15) is 0 Å². The predicted molar refractivity (Wildman–Crippen MR) is 174 cm³/mol. The van der Waals surface area contributed by atoms with E-state index >= 15 is 0 Å². The topological polar surface area (TPSA) is 61.9 Å². The van der Waals surface area contributed by atoms with E-state index in [0.717, 1.165) is 61.5 Å². The second kappa shape index (κ2) is 14.4. The molecule has 0 saturated carbocycles. The lowest BCUT2D eigenvalue weighted by molar-refractivity contribution is 0.122. The van der Waals surface area contributed by atoms with E-state index < -0.39 is 0 Å². The van der Waals surface area contributed by atoms with Crippen molar-refractivity contribution in [2.24, 2.45) is 0 Å². The molecule has 0 amide bonds. The standard InChI is InChI=1S/C36H42N2O6/c1-39-31-19-29(20-32(40-2)35(31)43-5)27-11-7-9-25(17-27)23-37-13-15-38(16-14-37)24-26-10-8-12-28(18-26)30-21-33(41-3)36(44-6)34(22-30)42-4/h7-12,17-22H,13-16,23-24H2,1-6H3. The Balaban J connectivity index is 1.22. The first-order chi connectivity index (χ1) is 21.5. The molecule has 1 fully saturated rings. The molecule has 1 aliphatic heterocycles. The molecule has 0 aliphatic carbocycles. The number of nitrogens with zero attached hydrogens (tertiary/aromatic N) is 2. The van der Waals surface area contributed by atoms with Crippen molar-refractivity contribution in [1.82, 2.24) is 9.80 Å². The van der Waals surface area contributed by atoms with Crippen LogP contribution < -0.4 is 28.4 Å². The molecule has 4 aromatic carbocycles. The van der Waals surface area contributed by atoms with E-state index in [4.69, 9.17) is 28.4 Å². The van der Waals surface area contributed by atoms with Gasteiger partial charge in [0, 0.05) is 39.3 Å². The van der Waals surface area contributed by atoms with E-state index in [2.05, 4.69) is 58.3 Å². The molecule has 0 N–H and O–H groups in total. The highest BCUT2D eigenvalue weighted by molar-refractivity contribution is 5.72. The smallest absolute Gasteiger partial charge is 0.203 e. The molecular weight excluding hydrogens is 556 g/mol. The van der Waals surface area contributed by atoms with E-state index in [9.17, 15) is 0 Å². The minimum atomic E-state index is 0.598. The number of methoxy groups -OCH3 is 6. The molecule has 4 aromatic rings. The summed E-state index contributed by atoms with van der Waals surface area (Å²) in [5, 5.41) is 0. The lowest BCUT2D eigenvalue weighted by atomic mass is 10.0. The van der Waals surface area contributed by atoms with Gasteiger partial charge in [-0.3, -0.25) is 9.80 Å². The molecular formula is C36H42N2O6. The average Bonchev–Trinajstić information content (AvgIpc) is 3.07. The minimum absolute atomic E-state index is 0.598. The maximum absolute atomic E-state index is 5.57. The van der Waals surface area contributed by atoms with Gasteiger partial charge in [0.1, 0.15) is 0 Å². The van der Waals surface area contributed by atoms with Gasteiger partial charge in [0.2, 0.25) is 11.5 Å². The van der Waals surface area contributed by atoms with Crippen LogP contribution in [0.2, 0.25) is 0 Å². The number of hydrogen-bond donors (Lipinski definition) is 0. The zero-order chi connectivity index (χ0) is 31.1. The largest absolute Gasteiger partial charge is 0.493 e. The van der Waals surface area contributed by atoms with Crippen molar-refractivity contribution >= 4 is 0 Å². The van der Waals surface area contributed by atoms with Gasteiger partial charge in [-0.1, -0.05) is 36.4 Å². The maximum atomic E-state index is 5.57. The summed E-state index contributed by atoms with van der Waals surface area (Å²) >= 11 is 0. The van der Waals surface area contributed by atoms with Crippen LogP contribution in [0.15, 0.2) is 72.8 Å². The van der Waals surface area contributed by atoms with Crippen LogP contribution >= 0.6 is 0 Å². The Kier molecular flexibility index (Phi) is 10.1. The monoisotopic (exact) mass is 598 g/mol. The lowest BCUT2D eigenvalue weighted by Crippen LogP contribution is -2.45. The highest BCUT2D eigenvalue weighted by Gasteiger charge is 2.19. The van der Waals surface area contributed by atoms with Crippen molar-refractivity contribution in [2.75, 3.05) is 68.8 Å². The van der Waals surface area contributed by atoms with Crippen molar-refractivity contribution in [3.8, 4) is 56.8 Å². The second-order valence-electron chi connectivity index (χ2n) is 10.8. The Morgan fingerprint density at radius 1 is 0.432 bits per heavy atom. The van der Waals surface area contributed by atoms with Crippen molar-refractivity contribution < 1.29 is 28.4 Å². The third kappa shape index (κ3) is 6.87. The number of ether oxygens (including phenoxy) is 6. The first-order valence-corrected chi connectivity index (χ1v) is 14.7. The summed E-state index contributed by atoms with van der Waals surface area (Å²) < 4.78 is 33.3. The van der Waals surface area contributed by atoms with Crippen LogP contribution in [0.25, 0.3) is 22.3 Å². The third-order valence-corrected chi connectivity index (χ3v) is 8.13. The van der Waals surface area contributed by atoms with Crippen molar-refractivity contribution in [3.63, 3.8) is 0 Å². The normalized spacial score (nSPS) is 13.8. The summed E-state index contributed by atoms with van der Waals surface area (Å²) in [4.78, 5) is 5.05. The first kappa shape index (κ1) is 31.0. The first-order valence-electron chi connectivity index (χ1n) is 14.7. The van der Waals surface area contributed by atoms with Crippen molar-refractivity contribution in [1.29, 1.82) is 0 Å². The van der Waals surface area contributed by atoms with E-state index in [1.54, 1.807) is 42.7 Å². The number of piperazine rings is 1. The Labute approximate surface area is 260 Å². The van der Waals surface area contributed by atoms with Crippen LogP contribution in [-0.4, -0.2) is 78.6 Å². The highest BCUT2D eigenvalue weighted by Crippen LogP contribution is 2.42. The fourth-order valence-corrected chi connectivity index (χ4v) is 5.82. The van der Waals surface area contributed by atoms with E-state index in [0.29, 0.717) is 34.5 Å². The summed E-state index contributed by atoms with van der Waals surface area (Å²) in [5.74, 6) is 3.80. The molecule has 0 unspecified atom stereocenters. The molecule has 8 heteroatoms. The molecule has 232 valence electrons. The summed E-state index contributed by atoms with van der Waals surface area (Å²) in [6.07, 6.45) is 0. The molecule has 1 heterocycles. The van der Waals surface area contributed by atoms with Gasteiger partial charge in [-0.15, -0.1) is 0 Å². The molecule has 44 heavy (non-hydrogen) atoms. The average molecular weight is 599 g/mol. The van der Waals surface area contributed by atoms with Gasteiger partial charge < -0.3 is 28.4 Å². The quantitative estimate of drug-likeness (QED) is 0.186. The van der Waals surface area contributed by atoms with Crippen LogP contribution in [0.1, 0.15) is 11.1 Å². The Morgan fingerprint density at radius 2 is 0.773 bits per heavy atom. The van der Waals surface area contributed by atoms with Gasteiger partial charge in [-0.25, -0.2) is 0 Å². The number of hydrogen-bond acceptors (Lipinski definition) is 8. The molecule has 0 radical (unpaired) electrons. The zero-order valence-electron chi connectivity index (χ0n) is 26.5. The van der Waals surface area contributed by atoms with Gasteiger partial charge in [0.15, 0.2) is 23.0 Å². The summed E-state index contributed by atoms with van der Waals surface area (Å²) in [6.45, 7) is 5.87. The van der Waals surface area contributed by atoms with Crippen molar-refractivity contribution in [3.05, 3.63) is 83.9 Å². The van der Waals surface area contributed by atoms with Crippen LogP contribution in [-0.2, 0) is 13.1 Å². The van der Waals surface area contributed by atoms with Crippen LogP contribution in [0.4, 0.5) is 0 Å². The van der Waals surface area contributed by atoms with Gasteiger partial charge in [-0.05, 0) is 69.8 Å². The highest BCUT2D eigenvalue weighted by atomic mass is 16.5. The summed E-state index contributed by atoms with van der Waals surface area (Å²) in [5.41, 5.74) is 6.85. The van der Waals surface area contributed by atoms with Crippen LogP contribution in [0, 0.1) is 0 Å². The Morgan fingerprint density at radius 3 is 1.07 bits per heavy atom. The maximum Gasteiger partial charge on any atom is 0.203 e. The number of benzene rings is 4. The molecule has 5 rings (SSSR count). The minimum Gasteiger partial charge on any atom is -0.493 e. The summed E-state index contributed by atoms with van der Waals surface area (Å²) in [7, 11) is 9.81. The Bertz CT molecular complexity index is 1400. The molecule has 1 saturated heterocycles. The molecule has 0 bridgehead atoms. The predicted octanol–water partition coefficient (Wildman–Crippen LogP) is 6.39. The third-order valence-electron chi connectivity index (χ3n) is 8.13. The van der Waals surface area contributed by atoms with E-state index in [-0.39, 0.29) is 0 Å². The number of rotatable bonds is 12. The Hall–Kier alpha value is -4.40. The molecule has 1 aliphatic rings. The van der Waals surface area contributed by atoms with Gasteiger partial charge in [0.25, 0.3) is 0 Å². The van der Waals surface area contributed by atoms with Crippen molar-refractivity contribution in [2.45, 2.75) is 13.1 Å². The molecule has 8 nitrogen and oxygen atoms in total. The fraction of sp³-hybridized carbons (Fsp3) is 0.333. The van der Waals surface area contributed by atoms with Gasteiger partial charge in [0.05, 0.1) is 42.7 Å². The molecule has 0 aromatic heterocycles. The van der Waals surface area contributed by atoms with Crippen LogP contribution in [0.5, 0.6) is 34.5 Å². The van der Waals surface area contributed by atoms with E-state index in [1.807, 2.05) is 24.3 Å². The fourth-order valence-electron chi connectivity index (χ4n) is 5.82. The second-order valence-corrected chi connectivity index (χ2v) is 10.8. The lowest BCUT2D eigenvalue weighted by Gasteiger charge is -2.35. The van der Waals surface area contributed by atoms with Gasteiger partial charge >= 0.3 is 0 Å². The van der Waals surface area contributed by atoms with E-state index in [1.165, 1.54) is 11.1 Å².